The van der Waals surface area contributed by atoms with Crippen molar-refractivity contribution in [2.24, 2.45) is 0 Å². The fourth-order valence-corrected chi connectivity index (χ4v) is 2.39. The van der Waals surface area contributed by atoms with E-state index < -0.39 is 6.10 Å². The standard InChI is InChI=1S/C18H23NO/c1-13-4-6-16(7-5-13)18(20)8-9-19-17-11-14(2)10-15(3)12-17/h4-7,10-12,18-20H,8-9H2,1-3H3. The highest BCUT2D eigenvalue weighted by Gasteiger charge is 2.06. The molecule has 0 aliphatic heterocycles. The molecule has 0 aromatic heterocycles. The lowest BCUT2D eigenvalue weighted by atomic mass is 10.0. The maximum atomic E-state index is 10.2. The Balaban J connectivity index is 1.87. The first-order chi connectivity index (χ1) is 9.54. The third-order valence-corrected chi connectivity index (χ3v) is 3.43. The van der Waals surface area contributed by atoms with Crippen LogP contribution in [-0.4, -0.2) is 11.7 Å². The lowest BCUT2D eigenvalue weighted by Crippen LogP contribution is -2.08. The Hall–Kier alpha value is -1.80. The van der Waals surface area contributed by atoms with Crippen molar-refractivity contribution in [3.8, 4) is 0 Å². The van der Waals surface area contributed by atoms with Crippen molar-refractivity contribution in [1.29, 1.82) is 0 Å². The summed E-state index contributed by atoms with van der Waals surface area (Å²) in [5.74, 6) is 0. The Bertz CT molecular complexity index is 540. The zero-order valence-corrected chi connectivity index (χ0v) is 12.5. The molecule has 1 atom stereocenters. The summed E-state index contributed by atoms with van der Waals surface area (Å²) in [6.07, 6.45) is 0.296. The van der Waals surface area contributed by atoms with Gasteiger partial charge in [0.1, 0.15) is 0 Å². The first-order valence-electron chi connectivity index (χ1n) is 7.11. The molecule has 2 nitrogen and oxygen atoms in total. The maximum Gasteiger partial charge on any atom is 0.0806 e. The van der Waals surface area contributed by atoms with Crippen molar-refractivity contribution in [2.75, 3.05) is 11.9 Å². The van der Waals surface area contributed by atoms with Gasteiger partial charge in [0.15, 0.2) is 0 Å². The van der Waals surface area contributed by atoms with Gasteiger partial charge in [0.05, 0.1) is 6.10 Å². The van der Waals surface area contributed by atoms with Gasteiger partial charge in [-0.1, -0.05) is 35.9 Å². The summed E-state index contributed by atoms with van der Waals surface area (Å²) in [5.41, 5.74) is 5.84. The molecule has 0 aliphatic carbocycles. The molecule has 20 heavy (non-hydrogen) atoms. The van der Waals surface area contributed by atoms with E-state index >= 15 is 0 Å². The van der Waals surface area contributed by atoms with E-state index in [1.807, 2.05) is 24.3 Å². The SMILES string of the molecule is Cc1ccc(C(O)CCNc2cc(C)cc(C)c2)cc1. The Kier molecular flexibility index (Phi) is 4.80. The second-order valence-electron chi connectivity index (χ2n) is 5.52. The number of aliphatic hydroxyl groups is 1. The molecule has 0 saturated heterocycles. The zero-order valence-electron chi connectivity index (χ0n) is 12.5. The first-order valence-corrected chi connectivity index (χ1v) is 7.11. The highest BCUT2D eigenvalue weighted by molar-refractivity contribution is 5.48. The van der Waals surface area contributed by atoms with Crippen LogP contribution < -0.4 is 5.32 Å². The van der Waals surface area contributed by atoms with Crippen molar-refractivity contribution < 1.29 is 5.11 Å². The van der Waals surface area contributed by atoms with Gasteiger partial charge >= 0.3 is 0 Å². The van der Waals surface area contributed by atoms with Gasteiger partial charge in [-0.25, -0.2) is 0 Å². The predicted molar refractivity (Wildman–Crippen MR) is 85.2 cm³/mol. The molecule has 0 bridgehead atoms. The number of nitrogens with one attached hydrogen (secondary N) is 1. The molecule has 2 aromatic rings. The average molecular weight is 269 g/mol. The van der Waals surface area contributed by atoms with Crippen LogP contribution in [0.4, 0.5) is 5.69 Å². The number of aliphatic hydroxyl groups excluding tert-OH is 1. The van der Waals surface area contributed by atoms with Crippen LogP contribution >= 0.6 is 0 Å². The van der Waals surface area contributed by atoms with Crippen LogP contribution in [0, 0.1) is 20.8 Å². The van der Waals surface area contributed by atoms with Crippen LogP contribution in [0.5, 0.6) is 0 Å². The van der Waals surface area contributed by atoms with Gasteiger partial charge in [0, 0.05) is 12.2 Å². The summed E-state index contributed by atoms with van der Waals surface area (Å²) >= 11 is 0. The van der Waals surface area contributed by atoms with Gasteiger partial charge in [0.2, 0.25) is 0 Å². The summed E-state index contributed by atoms with van der Waals surface area (Å²) in [6.45, 7) is 7.01. The van der Waals surface area contributed by atoms with E-state index in [4.69, 9.17) is 0 Å². The lowest BCUT2D eigenvalue weighted by molar-refractivity contribution is 0.171. The number of anilines is 1. The fourth-order valence-electron chi connectivity index (χ4n) is 2.39. The predicted octanol–water partition coefficient (Wildman–Crippen LogP) is 4.15. The average Bonchev–Trinajstić information content (AvgIpc) is 2.38. The van der Waals surface area contributed by atoms with Gasteiger partial charge in [0.25, 0.3) is 0 Å². The van der Waals surface area contributed by atoms with E-state index in [9.17, 15) is 5.11 Å². The van der Waals surface area contributed by atoms with Crippen LogP contribution in [0.1, 0.15) is 34.8 Å². The summed E-state index contributed by atoms with van der Waals surface area (Å²) < 4.78 is 0. The smallest absolute Gasteiger partial charge is 0.0806 e. The molecule has 106 valence electrons. The van der Waals surface area contributed by atoms with Crippen molar-refractivity contribution in [1.82, 2.24) is 0 Å². The van der Waals surface area contributed by atoms with Crippen LogP contribution in [-0.2, 0) is 0 Å². The zero-order chi connectivity index (χ0) is 14.5. The number of hydrogen-bond donors (Lipinski definition) is 2. The van der Waals surface area contributed by atoms with Crippen LogP contribution in [0.25, 0.3) is 0 Å². The summed E-state index contributed by atoms with van der Waals surface area (Å²) in [5, 5.41) is 13.5. The van der Waals surface area contributed by atoms with E-state index in [0.29, 0.717) is 6.42 Å². The molecule has 0 amide bonds. The van der Waals surface area contributed by atoms with Gasteiger partial charge < -0.3 is 10.4 Å². The molecule has 0 spiro atoms. The third kappa shape index (κ3) is 4.10. The lowest BCUT2D eigenvalue weighted by Gasteiger charge is -2.13. The highest BCUT2D eigenvalue weighted by Crippen LogP contribution is 2.18. The molecule has 2 rings (SSSR count). The molecule has 2 N–H and O–H groups in total. The minimum atomic E-state index is -0.408. The van der Waals surface area contributed by atoms with Crippen molar-refractivity contribution in [2.45, 2.75) is 33.3 Å². The van der Waals surface area contributed by atoms with Crippen molar-refractivity contribution >= 4 is 5.69 Å². The second-order valence-corrected chi connectivity index (χ2v) is 5.52. The van der Waals surface area contributed by atoms with Crippen molar-refractivity contribution in [3.63, 3.8) is 0 Å². The van der Waals surface area contributed by atoms with Crippen LogP contribution in [0.2, 0.25) is 0 Å². The van der Waals surface area contributed by atoms with Gasteiger partial charge in [-0.05, 0) is 56.0 Å². The Morgan fingerprint density at radius 3 is 2.10 bits per heavy atom. The van der Waals surface area contributed by atoms with E-state index in [2.05, 4.69) is 44.3 Å². The quantitative estimate of drug-likeness (QED) is 0.854. The Morgan fingerprint density at radius 2 is 1.50 bits per heavy atom. The van der Waals surface area contributed by atoms with Crippen molar-refractivity contribution in [3.05, 3.63) is 64.7 Å². The second kappa shape index (κ2) is 6.58. The Morgan fingerprint density at radius 1 is 0.900 bits per heavy atom. The minimum Gasteiger partial charge on any atom is -0.388 e. The molecule has 2 aromatic carbocycles. The first kappa shape index (κ1) is 14.6. The molecule has 1 unspecified atom stereocenters. The maximum absolute atomic E-state index is 10.2. The normalized spacial score (nSPS) is 12.2. The van der Waals surface area contributed by atoms with Gasteiger partial charge in [-0.15, -0.1) is 0 Å². The molecule has 2 heteroatoms. The summed E-state index contributed by atoms with van der Waals surface area (Å²) in [4.78, 5) is 0. The van der Waals surface area contributed by atoms with E-state index in [-0.39, 0.29) is 0 Å². The molecule has 0 heterocycles. The topological polar surface area (TPSA) is 32.3 Å². The third-order valence-electron chi connectivity index (χ3n) is 3.43. The number of rotatable bonds is 5. The molecular formula is C18H23NO. The number of hydrogen-bond acceptors (Lipinski definition) is 2. The molecular weight excluding hydrogens is 246 g/mol. The molecule has 0 radical (unpaired) electrons. The highest BCUT2D eigenvalue weighted by atomic mass is 16.3. The van der Waals surface area contributed by atoms with E-state index in [1.54, 1.807) is 0 Å². The molecule has 0 saturated carbocycles. The fraction of sp³-hybridized carbons (Fsp3) is 0.333. The van der Waals surface area contributed by atoms with Gasteiger partial charge in [-0.3, -0.25) is 0 Å². The van der Waals surface area contributed by atoms with Gasteiger partial charge in [-0.2, -0.15) is 0 Å². The minimum absolute atomic E-state index is 0.408. The number of aryl methyl sites for hydroxylation is 3. The largest absolute Gasteiger partial charge is 0.388 e. The van der Waals surface area contributed by atoms with Crippen LogP contribution in [0.15, 0.2) is 42.5 Å². The molecule has 0 fully saturated rings. The number of benzene rings is 2. The summed E-state index contributed by atoms with van der Waals surface area (Å²) in [6, 6.07) is 14.5. The molecule has 0 aliphatic rings. The van der Waals surface area contributed by atoms with E-state index in [0.717, 1.165) is 17.8 Å². The monoisotopic (exact) mass is 269 g/mol. The van der Waals surface area contributed by atoms with E-state index in [1.165, 1.54) is 16.7 Å². The summed E-state index contributed by atoms with van der Waals surface area (Å²) in [7, 11) is 0. The Labute approximate surface area is 121 Å². The van der Waals surface area contributed by atoms with Crippen LogP contribution in [0.3, 0.4) is 0 Å².